The fourth-order valence-corrected chi connectivity index (χ4v) is 2.77. The lowest BCUT2D eigenvalue weighted by Gasteiger charge is -2.30. The highest BCUT2D eigenvalue weighted by Crippen LogP contribution is 2.16. The number of carbonyl (C=O) groups excluding carboxylic acids is 1. The first-order valence-electron chi connectivity index (χ1n) is 7.24. The van der Waals surface area contributed by atoms with E-state index in [1.165, 1.54) is 5.56 Å². The molecule has 0 aliphatic carbocycles. The number of hydrogen-bond acceptors (Lipinski definition) is 2. The van der Waals surface area contributed by atoms with Gasteiger partial charge in [0.25, 0.3) is 0 Å². The molecule has 3 nitrogen and oxygen atoms in total. The van der Waals surface area contributed by atoms with Crippen LogP contribution in [0.5, 0.6) is 0 Å². The lowest BCUT2D eigenvalue weighted by molar-refractivity contribution is -0.127. The van der Waals surface area contributed by atoms with Gasteiger partial charge in [-0.1, -0.05) is 30.3 Å². The van der Waals surface area contributed by atoms with Gasteiger partial charge in [0.15, 0.2) is 0 Å². The molecule has 2 rings (SSSR count). The molecule has 0 aromatic heterocycles. The molecule has 0 bridgehead atoms. The Balaban J connectivity index is 1.84. The van der Waals surface area contributed by atoms with Gasteiger partial charge in [0.05, 0.1) is 5.92 Å². The van der Waals surface area contributed by atoms with Gasteiger partial charge in [-0.05, 0) is 45.2 Å². The predicted molar refractivity (Wildman–Crippen MR) is 77.9 cm³/mol. The summed E-state index contributed by atoms with van der Waals surface area (Å²) >= 11 is 0. The van der Waals surface area contributed by atoms with Crippen LogP contribution in [0.4, 0.5) is 0 Å². The highest BCUT2D eigenvalue weighted by molar-refractivity contribution is 5.79. The van der Waals surface area contributed by atoms with Crippen LogP contribution in [0.3, 0.4) is 0 Å². The van der Waals surface area contributed by atoms with Crippen molar-refractivity contribution in [3.05, 3.63) is 35.9 Å². The van der Waals surface area contributed by atoms with E-state index < -0.39 is 0 Å². The Morgan fingerprint density at radius 3 is 2.84 bits per heavy atom. The number of benzene rings is 1. The monoisotopic (exact) mass is 260 g/mol. The van der Waals surface area contributed by atoms with Crippen LogP contribution in [0.15, 0.2) is 30.3 Å². The molecular weight excluding hydrogens is 236 g/mol. The van der Waals surface area contributed by atoms with Crippen molar-refractivity contribution in [3.8, 4) is 0 Å². The Hall–Kier alpha value is -1.35. The third kappa shape index (κ3) is 4.06. The molecule has 3 heteroatoms. The van der Waals surface area contributed by atoms with E-state index in [0.717, 1.165) is 25.8 Å². The molecule has 1 aliphatic rings. The van der Waals surface area contributed by atoms with Crippen LogP contribution in [-0.2, 0) is 11.2 Å². The number of carbonyl (C=O) groups is 1. The number of hydrogen-bond donors (Lipinski definition) is 2. The molecule has 19 heavy (non-hydrogen) atoms. The zero-order valence-corrected chi connectivity index (χ0v) is 11.9. The first-order chi connectivity index (χ1) is 9.16. The van der Waals surface area contributed by atoms with E-state index in [0.29, 0.717) is 0 Å². The van der Waals surface area contributed by atoms with Crippen LogP contribution >= 0.6 is 0 Å². The van der Waals surface area contributed by atoms with Gasteiger partial charge >= 0.3 is 0 Å². The molecule has 3 atom stereocenters. The van der Waals surface area contributed by atoms with Crippen LogP contribution in [-0.4, -0.2) is 24.5 Å². The molecule has 1 heterocycles. The van der Waals surface area contributed by atoms with Crippen LogP contribution in [0.25, 0.3) is 0 Å². The smallest absolute Gasteiger partial charge is 0.224 e. The highest BCUT2D eigenvalue weighted by Gasteiger charge is 2.27. The minimum Gasteiger partial charge on any atom is -0.353 e. The standard InChI is InChI=1S/C16H24N2O/c1-12(11-14-7-4-3-5-8-14)18-16(19)15-9-6-10-17-13(15)2/h3-5,7-8,12-13,15,17H,6,9-11H2,1-2H3,(H,18,19). The lowest BCUT2D eigenvalue weighted by atomic mass is 9.91. The molecule has 1 saturated heterocycles. The first-order valence-corrected chi connectivity index (χ1v) is 7.24. The van der Waals surface area contributed by atoms with Crippen molar-refractivity contribution in [2.24, 2.45) is 5.92 Å². The molecule has 104 valence electrons. The third-order valence-corrected chi connectivity index (χ3v) is 3.87. The third-order valence-electron chi connectivity index (χ3n) is 3.87. The number of rotatable bonds is 4. The van der Waals surface area contributed by atoms with E-state index in [-0.39, 0.29) is 23.9 Å². The fourth-order valence-electron chi connectivity index (χ4n) is 2.77. The zero-order chi connectivity index (χ0) is 13.7. The highest BCUT2D eigenvalue weighted by atomic mass is 16.2. The largest absolute Gasteiger partial charge is 0.353 e. The maximum absolute atomic E-state index is 12.3. The second-order valence-corrected chi connectivity index (χ2v) is 5.59. The Kier molecular flexibility index (Phi) is 4.97. The van der Waals surface area contributed by atoms with Gasteiger partial charge in [-0.15, -0.1) is 0 Å². The summed E-state index contributed by atoms with van der Waals surface area (Å²) in [5.74, 6) is 0.315. The maximum Gasteiger partial charge on any atom is 0.224 e. The van der Waals surface area contributed by atoms with Crippen molar-refractivity contribution in [2.45, 2.75) is 45.2 Å². The van der Waals surface area contributed by atoms with Crippen molar-refractivity contribution in [3.63, 3.8) is 0 Å². The van der Waals surface area contributed by atoms with Crippen LogP contribution in [0.1, 0.15) is 32.3 Å². The van der Waals surface area contributed by atoms with E-state index >= 15 is 0 Å². The second kappa shape index (κ2) is 6.71. The molecule has 1 aromatic rings. The molecule has 3 unspecified atom stereocenters. The average Bonchev–Trinajstić information content (AvgIpc) is 2.40. The van der Waals surface area contributed by atoms with E-state index in [1.807, 2.05) is 18.2 Å². The Labute approximate surface area is 115 Å². The predicted octanol–water partition coefficient (Wildman–Crippen LogP) is 2.12. The van der Waals surface area contributed by atoms with Crippen LogP contribution in [0.2, 0.25) is 0 Å². The summed E-state index contributed by atoms with van der Waals surface area (Å²) in [5.41, 5.74) is 1.27. The molecule has 1 amide bonds. The quantitative estimate of drug-likeness (QED) is 0.870. The van der Waals surface area contributed by atoms with E-state index in [9.17, 15) is 4.79 Å². The van der Waals surface area contributed by atoms with Gasteiger partial charge in [-0.2, -0.15) is 0 Å². The Morgan fingerprint density at radius 2 is 2.16 bits per heavy atom. The fraction of sp³-hybridized carbons (Fsp3) is 0.562. The van der Waals surface area contributed by atoms with Crippen LogP contribution in [0, 0.1) is 5.92 Å². The van der Waals surface area contributed by atoms with Crippen molar-refractivity contribution in [2.75, 3.05) is 6.54 Å². The van der Waals surface area contributed by atoms with Crippen molar-refractivity contribution in [1.82, 2.24) is 10.6 Å². The molecule has 2 N–H and O–H groups in total. The average molecular weight is 260 g/mol. The zero-order valence-electron chi connectivity index (χ0n) is 11.9. The summed E-state index contributed by atoms with van der Waals surface area (Å²) < 4.78 is 0. The molecule has 0 spiro atoms. The second-order valence-electron chi connectivity index (χ2n) is 5.59. The molecule has 1 aromatic carbocycles. The van der Waals surface area contributed by atoms with Gasteiger partial charge in [-0.3, -0.25) is 4.79 Å². The summed E-state index contributed by atoms with van der Waals surface area (Å²) in [5, 5.41) is 6.52. The first kappa shape index (κ1) is 14.1. The Bertz CT molecular complexity index is 404. The normalized spacial score (nSPS) is 24.7. The summed E-state index contributed by atoms with van der Waals surface area (Å²) in [6, 6.07) is 10.8. The summed E-state index contributed by atoms with van der Waals surface area (Å²) in [4.78, 5) is 12.3. The van der Waals surface area contributed by atoms with Gasteiger partial charge in [0.2, 0.25) is 5.91 Å². The van der Waals surface area contributed by atoms with Crippen LogP contribution < -0.4 is 10.6 Å². The number of nitrogens with one attached hydrogen (secondary N) is 2. The van der Waals surface area contributed by atoms with Gasteiger partial charge in [0, 0.05) is 12.1 Å². The summed E-state index contributed by atoms with van der Waals surface area (Å²) in [7, 11) is 0. The molecule has 1 fully saturated rings. The van der Waals surface area contributed by atoms with E-state index in [1.54, 1.807) is 0 Å². The van der Waals surface area contributed by atoms with E-state index in [2.05, 4.69) is 36.6 Å². The van der Waals surface area contributed by atoms with Gasteiger partial charge < -0.3 is 10.6 Å². The lowest BCUT2D eigenvalue weighted by Crippen LogP contribution is -2.48. The summed E-state index contributed by atoms with van der Waals surface area (Å²) in [6.07, 6.45) is 2.98. The minimum atomic E-state index is 0.118. The maximum atomic E-state index is 12.3. The van der Waals surface area contributed by atoms with E-state index in [4.69, 9.17) is 0 Å². The Morgan fingerprint density at radius 1 is 1.42 bits per heavy atom. The topological polar surface area (TPSA) is 41.1 Å². The molecular formula is C16H24N2O. The molecule has 0 saturated carbocycles. The molecule has 1 aliphatic heterocycles. The van der Waals surface area contributed by atoms with Gasteiger partial charge in [0.1, 0.15) is 0 Å². The SMILES string of the molecule is CC(Cc1ccccc1)NC(=O)C1CCCNC1C. The number of amides is 1. The summed E-state index contributed by atoms with van der Waals surface area (Å²) in [6.45, 7) is 5.21. The van der Waals surface area contributed by atoms with Crippen molar-refractivity contribution in [1.29, 1.82) is 0 Å². The van der Waals surface area contributed by atoms with Gasteiger partial charge in [-0.25, -0.2) is 0 Å². The van der Waals surface area contributed by atoms with Crippen molar-refractivity contribution >= 4 is 5.91 Å². The number of piperidine rings is 1. The van der Waals surface area contributed by atoms with Crippen molar-refractivity contribution < 1.29 is 4.79 Å². The molecule has 0 radical (unpaired) electrons. The minimum absolute atomic E-state index is 0.118.